The molecule has 2 aromatic rings. The highest BCUT2D eigenvalue weighted by atomic mass is 32.2. The molecule has 1 amide bonds. The molecule has 1 aromatic carbocycles. The van der Waals surface area contributed by atoms with Gasteiger partial charge in [-0.15, -0.1) is 0 Å². The van der Waals surface area contributed by atoms with Crippen LogP contribution in [0.25, 0.3) is 10.9 Å². The van der Waals surface area contributed by atoms with Gasteiger partial charge in [0.15, 0.2) is 0 Å². The lowest BCUT2D eigenvalue weighted by Crippen LogP contribution is -2.51. The van der Waals surface area contributed by atoms with E-state index in [2.05, 4.69) is 0 Å². The van der Waals surface area contributed by atoms with Crippen molar-refractivity contribution in [2.45, 2.75) is 19.8 Å². The molecule has 7 heteroatoms. The van der Waals surface area contributed by atoms with Gasteiger partial charge in [0, 0.05) is 50.3 Å². The van der Waals surface area contributed by atoms with Crippen LogP contribution in [0.2, 0.25) is 0 Å². The largest absolute Gasteiger partial charge is 0.350 e. The molecule has 0 bridgehead atoms. The molecule has 0 aliphatic carbocycles. The minimum atomic E-state index is -3.20. The van der Waals surface area contributed by atoms with E-state index in [1.807, 2.05) is 49.0 Å². The minimum absolute atomic E-state index is 0.0255. The Kier molecular flexibility index (Phi) is 5.15. The fourth-order valence-corrected chi connectivity index (χ4v) is 4.94. The van der Waals surface area contributed by atoms with E-state index in [9.17, 15) is 13.2 Å². The summed E-state index contributed by atoms with van der Waals surface area (Å²) in [5.41, 5.74) is 1.70. The van der Waals surface area contributed by atoms with Crippen molar-refractivity contribution in [2.75, 3.05) is 31.9 Å². The average Bonchev–Trinajstić information content (AvgIpc) is 2.97. The quantitative estimate of drug-likeness (QED) is 0.817. The predicted molar refractivity (Wildman–Crippen MR) is 99.1 cm³/mol. The van der Waals surface area contributed by atoms with Crippen LogP contribution in [0.15, 0.2) is 30.5 Å². The van der Waals surface area contributed by atoms with Crippen molar-refractivity contribution in [3.63, 3.8) is 0 Å². The van der Waals surface area contributed by atoms with E-state index in [0.717, 1.165) is 17.3 Å². The number of para-hydroxylation sites is 1. The number of hydrogen-bond acceptors (Lipinski definition) is 3. The van der Waals surface area contributed by atoms with Crippen LogP contribution in [0.5, 0.6) is 0 Å². The number of carbonyl (C=O) groups excluding carboxylic acids is 1. The molecular weight excluding hydrogens is 338 g/mol. The van der Waals surface area contributed by atoms with Gasteiger partial charge < -0.3 is 9.47 Å². The average molecular weight is 363 g/mol. The number of unbranched alkanes of at least 4 members (excludes halogenated alkanes) is 1. The lowest BCUT2D eigenvalue weighted by Gasteiger charge is -2.34. The monoisotopic (exact) mass is 363 g/mol. The Hall–Kier alpha value is -1.86. The summed E-state index contributed by atoms with van der Waals surface area (Å²) in [5.74, 6) is 0.170. The van der Waals surface area contributed by atoms with Gasteiger partial charge >= 0.3 is 0 Å². The highest BCUT2D eigenvalue weighted by Gasteiger charge is 2.29. The van der Waals surface area contributed by atoms with Gasteiger partial charge in [-0.05, 0) is 12.5 Å². The molecule has 1 aliphatic heterocycles. The highest BCUT2D eigenvalue weighted by Crippen LogP contribution is 2.22. The van der Waals surface area contributed by atoms with Crippen molar-refractivity contribution >= 4 is 26.8 Å². The summed E-state index contributed by atoms with van der Waals surface area (Å²) in [7, 11) is -1.27. The van der Waals surface area contributed by atoms with E-state index < -0.39 is 10.0 Å². The van der Waals surface area contributed by atoms with Crippen molar-refractivity contribution < 1.29 is 13.2 Å². The zero-order valence-corrected chi connectivity index (χ0v) is 15.6. The van der Waals surface area contributed by atoms with Crippen LogP contribution in [0.4, 0.5) is 0 Å². The summed E-state index contributed by atoms with van der Waals surface area (Å²) < 4.78 is 28.1. The van der Waals surface area contributed by atoms with Gasteiger partial charge in [0.1, 0.15) is 0 Å². The predicted octanol–water partition coefficient (Wildman–Crippen LogP) is 2.07. The molecule has 1 saturated heterocycles. The third kappa shape index (κ3) is 3.57. The van der Waals surface area contributed by atoms with E-state index in [0.29, 0.717) is 38.2 Å². The van der Waals surface area contributed by atoms with Gasteiger partial charge in [-0.2, -0.15) is 4.31 Å². The first-order valence-electron chi connectivity index (χ1n) is 8.75. The Balaban J connectivity index is 1.71. The number of sulfonamides is 1. The third-order valence-corrected chi connectivity index (χ3v) is 6.76. The highest BCUT2D eigenvalue weighted by molar-refractivity contribution is 7.89. The van der Waals surface area contributed by atoms with Crippen LogP contribution in [0, 0.1) is 0 Å². The Morgan fingerprint density at radius 2 is 1.80 bits per heavy atom. The van der Waals surface area contributed by atoms with Crippen molar-refractivity contribution in [2.24, 2.45) is 7.05 Å². The second kappa shape index (κ2) is 7.17. The Labute approximate surface area is 149 Å². The molecule has 25 heavy (non-hydrogen) atoms. The Bertz CT molecular complexity index is 865. The summed E-state index contributed by atoms with van der Waals surface area (Å²) in [4.78, 5) is 14.7. The van der Waals surface area contributed by atoms with Crippen LogP contribution < -0.4 is 0 Å². The van der Waals surface area contributed by atoms with Crippen molar-refractivity contribution in [3.8, 4) is 0 Å². The molecule has 0 atom stereocenters. The van der Waals surface area contributed by atoms with Crippen LogP contribution in [0.1, 0.15) is 30.1 Å². The molecule has 1 fully saturated rings. The summed E-state index contributed by atoms with van der Waals surface area (Å²) in [6.07, 6.45) is 3.40. The van der Waals surface area contributed by atoms with Gasteiger partial charge in [0.2, 0.25) is 10.0 Å². The fourth-order valence-electron chi connectivity index (χ4n) is 3.31. The van der Waals surface area contributed by atoms with E-state index in [1.54, 1.807) is 4.90 Å². The molecule has 0 radical (unpaired) electrons. The van der Waals surface area contributed by atoms with Crippen LogP contribution >= 0.6 is 0 Å². The van der Waals surface area contributed by atoms with Crippen molar-refractivity contribution in [1.29, 1.82) is 0 Å². The summed E-state index contributed by atoms with van der Waals surface area (Å²) in [6, 6.07) is 7.83. The topological polar surface area (TPSA) is 62.6 Å². The summed E-state index contributed by atoms with van der Waals surface area (Å²) in [6.45, 7) is 3.61. The smallest absolute Gasteiger partial charge is 0.256 e. The maximum absolute atomic E-state index is 12.9. The van der Waals surface area contributed by atoms with Gasteiger partial charge in [0.05, 0.1) is 11.3 Å². The van der Waals surface area contributed by atoms with Gasteiger partial charge in [0.25, 0.3) is 5.91 Å². The molecule has 0 unspecified atom stereocenters. The molecule has 0 saturated carbocycles. The van der Waals surface area contributed by atoms with Gasteiger partial charge in [-0.1, -0.05) is 31.5 Å². The molecule has 1 aromatic heterocycles. The number of nitrogens with zero attached hydrogens (tertiary/aromatic N) is 3. The molecule has 3 rings (SSSR count). The summed E-state index contributed by atoms with van der Waals surface area (Å²) >= 11 is 0. The number of fused-ring (bicyclic) bond motifs is 1. The van der Waals surface area contributed by atoms with Crippen LogP contribution in [-0.4, -0.2) is 60.0 Å². The number of hydrogen-bond donors (Lipinski definition) is 0. The molecule has 1 aliphatic rings. The summed E-state index contributed by atoms with van der Waals surface area (Å²) in [5, 5.41) is 0.938. The number of benzene rings is 1. The van der Waals surface area contributed by atoms with Crippen LogP contribution in [-0.2, 0) is 17.1 Å². The van der Waals surface area contributed by atoms with Gasteiger partial charge in [-0.3, -0.25) is 4.79 Å². The van der Waals surface area contributed by atoms with Gasteiger partial charge in [-0.25, -0.2) is 8.42 Å². The maximum Gasteiger partial charge on any atom is 0.256 e. The SMILES string of the molecule is CCCCS(=O)(=O)N1CCN(C(=O)c2cn(C)c3ccccc23)CC1. The third-order valence-electron chi connectivity index (χ3n) is 4.80. The lowest BCUT2D eigenvalue weighted by molar-refractivity contribution is 0.0699. The maximum atomic E-state index is 12.9. The number of aryl methyl sites for hydroxylation is 1. The first kappa shape index (κ1) is 17.9. The second-order valence-corrected chi connectivity index (χ2v) is 8.62. The van der Waals surface area contributed by atoms with E-state index >= 15 is 0 Å². The second-order valence-electron chi connectivity index (χ2n) is 6.53. The molecule has 0 N–H and O–H groups in total. The van der Waals surface area contributed by atoms with E-state index in [-0.39, 0.29) is 11.7 Å². The zero-order chi connectivity index (χ0) is 18.0. The molecule has 6 nitrogen and oxygen atoms in total. The van der Waals surface area contributed by atoms with E-state index in [1.165, 1.54) is 4.31 Å². The Morgan fingerprint density at radius 1 is 1.12 bits per heavy atom. The first-order valence-corrected chi connectivity index (χ1v) is 10.4. The first-order chi connectivity index (χ1) is 11.9. The Morgan fingerprint density at radius 3 is 2.48 bits per heavy atom. The number of aromatic nitrogens is 1. The number of carbonyl (C=O) groups is 1. The molecule has 2 heterocycles. The molecule has 0 spiro atoms. The molecule has 136 valence electrons. The standard InChI is InChI=1S/C18H25N3O3S/c1-3-4-13-25(23,24)21-11-9-20(10-12-21)18(22)16-14-19(2)17-8-6-5-7-15(16)17/h5-8,14H,3-4,9-13H2,1-2H3. The minimum Gasteiger partial charge on any atom is -0.350 e. The fraction of sp³-hybridized carbons (Fsp3) is 0.500. The molecular formula is C18H25N3O3S. The number of amides is 1. The normalized spacial score (nSPS) is 16.5. The van der Waals surface area contributed by atoms with Crippen molar-refractivity contribution in [1.82, 2.24) is 13.8 Å². The lowest BCUT2D eigenvalue weighted by atomic mass is 10.1. The number of piperazine rings is 1. The van der Waals surface area contributed by atoms with E-state index in [4.69, 9.17) is 0 Å². The van der Waals surface area contributed by atoms with Crippen LogP contribution in [0.3, 0.4) is 0 Å². The number of rotatable bonds is 5. The zero-order valence-electron chi connectivity index (χ0n) is 14.8. The van der Waals surface area contributed by atoms with Crippen molar-refractivity contribution in [3.05, 3.63) is 36.0 Å².